The van der Waals surface area contributed by atoms with Crippen LogP contribution in [-0.4, -0.2) is 6.54 Å². The maximum atomic E-state index is 14.0. The van der Waals surface area contributed by atoms with Gasteiger partial charge in [0.25, 0.3) is 0 Å². The number of benzene rings is 1. The molecule has 1 rings (SSSR count). The normalized spacial score (nSPS) is 15.0. The minimum Gasteiger partial charge on any atom is -0.310 e. The number of hydrogen-bond acceptors (Lipinski definition) is 1. The van der Waals surface area contributed by atoms with Crippen LogP contribution in [0.4, 0.5) is 17.6 Å². The minimum atomic E-state index is -4.45. The maximum Gasteiger partial charge on any atom is 0.416 e. The number of alkyl halides is 3. The Bertz CT molecular complexity index is 442. The van der Waals surface area contributed by atoms with Crippen LogP contribution >= 0.6 is 0 Å². The maximum absolute atomic E-state index is 14.0. The molecule has 1 nitrogen and oxygen atoms in total. The third-order valence-electron chi connectivity index (χ3n) is 3.57. The van der Waals surface area contributed by atoms with Gasteiger partial charge in [0.1, 0.15) is 5.82 Å². The van der Waals surface area contributed by atoms with Gasteiger partial charge in [-0.2, -0.15) is 13.2 Å². The van der Waals surface area contributed by atoms with Crippen molar-refractivity contribution in [2.75, 3.05) is 6.54 Å². The van der Waals surface area contributed by atoms with Gasteiger partial charge in [0.15, 0.2) is 0 Å². The number of halogens is 4. The van der Waals surface area contributed by atoms with Gasteiger partial charge in [-0.25, -0.2) is 4.39 Å². The second-order valence-corrected chi connectivity index (χ2v) is 5.47. The van der Waals surface area contributed by atoms with Crippen molar-refractivity contribution >= 4 is 0 Å². The SMILES string of the molecule is CCCC(C)CC(NCC)c1cc(C(F)(F)F)ccc1F. The zero-order valence-corrected chi connectivity index (χ0v) is 12.7. The van der Waals surface area contributed by atoms with Crippen LogP contribution in [0.2, 0.25) is 0 Å². The van der Waals surface area contributed by atoms with Gasteiger partial charge in [-0.3, -0.25) is 0 Å². The Morgan fingerprint density at radius 3 is 2.38 bits per heavy atom. The first-order valence-corrected chi connectivity index (χ1v) is 7.39. The molecule has 0 spiro atoms. The molecule has 1 aromatic carbocycles. The molecule has 0 radical (unpaired) electrons. The summed E-state index contributed by atoms with van der Waals surface area (Å²) in [6.45, 7) is 6.55. The standard InChI is InChI=1S/C16H23F4N/c1-4-6-11(3)9-15(21-5-2)13-10-12(16(18,19)20)7-8-14(13)17/h7-8,10-11,15,21H,4-6,9H2,1-3H3. The van der Waals surface area contributed by atoms with E-state index >= 15 is 0 Å². The van der Waals surface area contributed by atoms with E-state index < -0.39 is 17.6 Å². The summed E-state index contributed by atoms with van der Waals surface area (Å²) in [7, 11) is 0. The monoisotopic (exact) mass is 305 g/mol. The number of hydrogen-bond donors (Lipinski definition) is 1. The van der Waals surface area contributed by atoms with E-state index in [2.05, 4.69) is 12.2 Å². The fourth-order valence-electron chi connectivity index (χ4n) is 2.57. The first-order chi connectivity index (χ1) is 9.79. The zero-order valence-electron chi connectivity index (χ0n) is 12.7. The molecule has 21 heavy (non-hydrogen) atoms. The van der Waals surface area contributed by atoms with Crippen LogP contribution in [0.15, 0.2) is 18.2 Å². The van der Waals surface area contributed by atoms with E-state index in [0.29, 0.717) is 18.9 Å². The van der Waals surface area contributed by atoms with E-state index in [4.69, 9.17) is 0 Å². The smallest absolute Gasteiger partial charge is 0.310 e. The van der Waals surface area contributed by atoms with E-state index in [1.54, 1.807) is 0 Å². The fourth-order valence-corrected chi connectivity index (χ4v) is 2.57. The van der Waals surface area contributed by atoms with Crippen molar-refractivity contribution in [2.24, 2.45) is 5.92 Å². The second-order valence-electron chi connectivity index (χ2n) is 5.47. The molecule has 0 aliphatic rings. The molecule has 0 amide bonds. The first-order valence-electron chi connectivity index (χ1n) is 7.39. The van der Waals surface area contributed by atoms with Gasteiger partial charge in [0.05, 0.1) is 5.56 Å². The van der Waals surface area contributed by atoms with E-state index in [9.17, 15) is 17.6 Å². The van der Waals surface area contributed by atoms with Crippen LogP contribution < -0.4 is 5.32 Å². The van der Waals surface area contributed by atoms with Gasteiger partial charge in [-0.05, 0) is 37.1 Å². The lowest BCUT2D eigenvalue weighted by Crippen LogP contribution is -2.24. The highest BCUT2D eigenvalue weighted by Crippen LogP contribution is 2.33. The van der Waals surface area contributed by atoms with E-state index in [-0.39, 0.29) is 11.6 Å². The van der Waals surface area contributed by atoms with Crippen LogP contribution in [0.1, 0.15) is 57.2 Å². The van der Waals surface area contributed by atoms with Crippen molar-refractivity contribution in [2.45, 2.75) is 52.3 Å². The second kappa shape index (κ2) is 7.78. The minimum absolute atomic E-state index is 0.106. The van der Waals surface area contributed by atoms with Crippen LogP contribution in [0.25, 0.3) is 0 Å². The molecule has 0 saturated carbocycles. The molecule has 0 aromatic heterocycles. The lowest BCUT2D eigenvalue weighted by Gasteiger charge is -2.23. The van der Waals surface area contributed by atoms with Crippen LogP contribution in [0.5, 0.6) is 0 Å². The fraction of sp³-hybridized carbons (Fsp3) is 0.625. The summed E-state index contributed by atoms with van der Waals surface area (Å²) >= 11 is 0. The molecule has 5 heteroatoms. The van der Waals surface area contributed by atoms with E-state index in [0.717, 1.165) is 31.0 Å². The third-order valence-corrected chi connectivity index (χ3v) is 3.57. The molecular formula is C16H23F4N. The van der Waals surface area contributed by atoms with Gasteiger partial charge in [-0.1, -0.05) is 33.6 Å². The molecule has 0 aliphatic carbocycles. The summed E-state index contributed by atoms with van der Waals surface area (Å²) in [5, 5.41) is 3.10. The highest BCUT2D eigenvalue weighted by Gasteiger charge is 2.32. The molecular weight excluding hydrogens is 282 g/mol. The topological polar surface area (TPSA) is 12.0 Å². The molecule has 120 valence electrons. The van der Waals surface area contributed by atoms with Gasteiger partial charge >= 0.3 is 6.18 Å². The summed E-state index contributed by atoms with van der Waals surface area (Å²) in [6, 6.07) is 2.24. The molecule has 0 aliphatic heterocycles. The van der Waals surface area contributed by atoms with Crippen molar-refractivity contribution in [3.63, 3.8) is 0 Å². The summed E-state index contributed by atoms with van der Waals surface area (Å²) in [5.74, 6) is -0.259. The van der Waals surface area contributed by atoms with E-state index in [1.807, 2.05) is 13.8 Å². The third kappa shape index (κ3) is 5.30. The Labute approximate surface area is 123 Å². The van der Waals surface area contributed by atoms with Gasteiger partial charge in [0.2, 0.25) is 0 Å². The molecule has 2 atom stereocenters. The predicted octanol–water partition coefficient (Wildman–Crippen LogP) is 5.32. The Morgan fingerprint density at radius 2 is 1.86 bits per heavy atom. The lowest BCUT2D eigenvalue weighted by atomic mass is 9.91. The Morgan fingerprint density at radius 1 is 1.19 bits per heavy atom. The molecule has 0 saturated heterocycles. The molecule has 0 bridgehead atoms. The van der Waals surface area contributed by atoms with Gasteiger partial charge in [-0.15, -0.1) is 0 Å². The van der Waals surface area contributed by atoms with Crippen molar-refractivity contribution in [1.29, 1.82) is 0 Å². The van der Waals surface area contributed by atoms with Crippen LogP contribution in [0.3, 0.4) is 0 Å². The number of rotatable bonds is 7. The quantitative estimate of drug-likeness (QED) is 0.672. The average molecular weight is 305 g/mol. The van der Waals surface area contributed by atoms with E-state index in [1.165, 1.54) is 0 Å². The van der Waals surface area contributed by atoms with Crippen molar-refractivity contribution in [3.8, 4) is 0 Å². The summed E-state index contributed by atoms with van der Waals surface area (Å²) in [5.41, 5.74) is -0.695. The largest absolute Gasteiger partial charge is 0.416 e. The first kappa shape index (κ1) is 18.0. The van der Waals surface area contributed by atoms with Crippen LogP contribution in [-0.2, 0) is 6.18 Å². The molecule has 1 N–H and O–H groups in total. The molecule has 2 unspecified atom stereocenters. The summed E-state index contributed by atoms with van der Waals surface area (Å²) < 4.78 is 52.3. The Kier molecular flexibility index (Phi) is 6.65. The average Bonchev–Trinajstić information content (AvgIpc) is 2.37. The molecule has 1 aromatic rings. The summed E-state index contributed by atoms with van der Waals surface area (Å²) in [6.07, 6.45) is -1.85. The van der Waals surface area contributed by atoms with Crippen molar-refractivity contribution in [3.05, 3.63) is 35.1 Å². The predicted molar refractivity (Wildman–Crippen MR) is 76.5 cm³/mol. The van der Waals surface area contributed by atoms with Crippen molar-refractivity contribution in [1.82, 2.24) is 5.32 Å². The Hall–Kier alpha value is -1.10. The van der Waals surface area contributed by atoms with Crippen LogP contribution in [0, 0.1) is 11.7 Å². The molecule has 0 fully saturated rings. The number of nitrogens with one attached hydrogen (secondary N) is 1. The van der Waals surface area contributed by atoms with Gasteiger partial charge < -0.3 is 5.32 Å². The lowest BCUT2D eigenvalue weighted by molar-refractivity contribution is -0.137. The Balaban J connectivity index is 3.06. The zero-order chi connectivity index (χ0) is 16.0. The highest BCUT2D eigenvalue weighted by molar-refractivity contribution is 5.29. The highest BCUT2D eigenvalue weighted by atomic mass is 19.4. The van der Waals surface area contributed by atoms with Gasteiger partial charge in [0, 0.05) is 11.6 Å². The summed E-state index contributed by atoms with van der Waals surface area (Å²) in [4.78, 5) is 0. The molecule has 0 heterocycles. The van der Waals surface area contributed by atoms with Crippen molar-refractivity contribution < 1.29 is 17.6 Å².